The molecule has 2 saturated heterocycles. The largest absolute Gasteiger partial charge is 0.346 e. The Morgan fingerprint density at radius 3 is 2.54 bits per heavy atom. The molecule has 0 aromatic heterocycles. The van der Waals surface area contributed by atoms with Gasteiger partial charge >= 0.3 is 11.8 Å². The number of likely N-dealkylation sites (tertiary alicyclic amines) is 1. The summed E-state index contributed by atoms with van der Waals surface area (Å²) >= 11 is 0. The van der Waals surface area contributed by atoms with E-state index in [0.29, 0.717) is 19.0 Å². The number of nitrogens with one attached hydrogen (secondary N) is 1. The van der Waals surface area contributed by atoms with Gasteiger partial charge in [0, 0.05) is 13.1 Å². The second kappa shape index (κ2) is 9.17. The van der Waals surface area contributed by atoms with Crippen LogP contribution in [0.3, 0.4) is 0 Å². The fourth-order valence-electron chi connectivity index (χ4n) is 4.05. The molecule has 1 aromatic rings. The summed E-state index contributed by atoms with van der Waals surface area (Å²) in [7, 11) is 0. The van der Waals surface area contributed by atoms with E-state index in [1.54, 1.807) is 0 Å². The summed E-state index contributed by atoms with van der Waals surface area (Å²) in [6, 6.07) is 10.3. The molecule has 2 amide bonds. The molecule has 1 atom stereocenters. The van der Waals surface area contributed by atoms with Crippen molar-refractivity contribution in [3.8, 4) is 0 Å². The van der Waals surface area contributed by atoms with Gasteiger partial charge in [0.1, 0.15) is 0 Å². The number of carbonyl (C=O) groups is 2. The fourth-order valence-corrected chi connectivity index (χ4v) is 4.05. The number of unbranched alkanes of at least 4 members (excludes halogenated alkanes) is 1. The molecule has 0 aliphatic carbocycles. The third-order valence-electron chi connectivity index (χ3n) is 5.70. The maximum absolute atomic E-state index is 12.5. The number of carbonyl (C=O) groups excluding carboxylic acids is 2. The molecule has 142 valence electrons. The molecule has 3 rings (SSSR count). The van der Waals surface area contributed by atoms with Crippen LogP contribution in [-0.4, -0.2) is 60.4 Å². The highest BCUT2D eigenvalue weighted by Crippen LogP contribution is 2.22. The van der Waals surface area contributed by atoms with Gasteiger partial charge in [0.25, 0.3) is 0 Å². The van der Waals surface area contributed by atoms with Gasteiger partial charge in [-0.1, -0.05) is 43.7 Å². The van der Waals surface area contributed by atoms with Gasteiger partial charge in [-0.15, -0.1) is 0 Å². The zero-order chi connectivity index (χ0) is 18.4. The number of hydrogen-bond donors (Lipinski definition) is 1. The summed E-state index contributed by atoms with van der Waals surface area (Å²) in [6.07, 6.45) is 5.52. The lowest BCUT2D eigenvalue weighted by Crippen LogP contribution is -2.60. The molecule has 0 unspecified atom stereocenters. The van der Waals surface area contributed by atoms with E-state index < -0.39 is 5.91 Å². The zero-order valence-corrected chi connectivity index (χ0v) is 15.8. The molecule has 0 spiro atoms. The third-order valence-corrected chi connectivity index (χ3v) is 5.70. The fraction of sp³-hybridized carbons (Fsp3) is 0.619. The molecule has 2 aliphatic heterocycles. The van der Waals surface area contributed by atoms with Crippen LogP contribution in [0.15, 0.2) is 30.3 Å². The van der Waals surface area contributed by atoms with Crippen molar-refractivity contribution < 1.29 is 9.59 Å². The number of piperazine rings is 1. The van der Waals surface area contributed by atoms with Crippen molar-refractivity contribution in [3.05, 3.63) is 35.9 Å². The van der Waals surface area contributed by atoms with E-state index in [1.807, 2.05) is 23.1 Å². The van der Waals surface area contributed by atoms with Crippen LogP contribution in [0.4, 0.5) is 0 Å². The van der Waals surface area contributed by atoms with Crippen LogP contribution in [0.2, 0.25) is 0 Å². The molecule has 1 N–H and O–H groups in total. The lowest BCUT2D eigenvalue weighted by molar-refractivity contribution is -0.151. The van der Waals surface area contributed by atoms with Gasteiger partial charge in [-0.2, -0.15) is 0 Å². The zero-order valence-electron chi connectivity index (χ0n) is 15.8. The van der Waals surface area contributed by atoms with Gasteiger partial charge in [0.2, 0.25) is 0 Å². The van der Waals surface area contributed by atoms with E-state index in [4.69, 9.17) is 0 Å². The average Bonchev–Trinajstić information content (AvgIpc) is 2.68. The Balaban J connectivity index is 1.59. The minimum absolute atomic E-state index is 0.0562. The first-order chi connectivity index (χ1) is 12.7. The lowest BCUT2D eigenvalue weighted by Gasteiger charge is -2.40. The summed E-state index contributed by atoms with van der Waals surface area (Å²) in [4.78, 5) is 28.8. The highest BCUT2D eigenvalue weighted by Gasteiger charge is 2.35. The van der Waals surface area contributed by atoms with Crippen LogP contribution < -0.4 is 5.32 Å². The Morgan fingerprint density at radius 1 is 1.12 bits per heavy atom. The Morgan fingerprint density at radius 2 is 1.85 bits per heavy atom. The van der Waals surface area contributed by atoms with Gasteiger partial charge in [0.15, 0.2) is 0 Å². The Labute approximate surface area is 156 Å². The molecule has 5 heteroatoms. The Hall–Kier alpha value is -1.88. The van der Waals surface area contributed by atoms with Gasteiger partial charge in [-0.05, 0) is 56.8 Å². The summed E-state index contributed by atoms with van der Waals surface area (Å²) in [6.45, 7) is 6.90. The Kier molecular flexibility index (Phi) is 6.67. The molecule has 0 saturated carbocycles. The van der Waals surface area contributed by atoms with Crippen LogP contribution in [0.1, 0.15) is 38.2 Å². The number of amides is 2. The minimum Gasteiger partial charge on any atom is -0.346 e. The van der Waals surface area contributed by atoms with Crippen LogP contribution in [0, 0.1) is 5.92 Å². The number of benzene rings is 1. The summed E-state index contributed by atoms with van der Waals surface area (Å²) in [5.41, 5.74) is 1.21. The van der Waals surface area contributed by atoms with Crippen molar-refractivity contribution in [2.24, 2.45) is 5.92 Å². The molecule has 2 aliphatic rings. The monoisotopic (exact) mass is 357 g/mol. The van der Waals surface area contributed by atoms with Gasteiger partial charge in [0.05, 0.1) is 6.04 Å². The molecular formula is C21H31N3O2. The highest BCUT2D eigenvalue weighted by atomic mass is 16.2. The normalized spacial score (nSPS) is 22.5. The first-order valence-electron chi connectivity index (χ1n) is 10.0. The smallest absolute Gasteiger partial charge is 0.312 e. The number of piperidine rings is 1. The molecule has 1 aromatic carbocycles. The predicted octanol–water partition coefficient (Wildman–Crippen LogP) is 2.07. The molecule has 2 fully saturated rings. The molecular weight excluding hydrogens is 326 g/mol. The van der Waals surface area contributed by atoms with Crippen LogP contribution in [0.5, 0.6) is 0 Å². The SMILES string of the molecule is CCCCN1CCC(CN2C(=O)C(=O)NC[C@@H]2Cc2ccccc2)CC1. The second-order valence-corrected chi connectivity index (χ2v) is 7.65. The lowest BCUT2D eigenvalue weighted by atomic mass is 9.93. The molecule has 0 radical (unpaired) electrons. The average molecular weight is 357 g/mol. The number of rotatable bonds is 7. The molecule has 2 heterocycles. The van der Waals surface area contributed by atoms with E-state index in [9.17, 15) is 9.59 Å². The van der Waals surface area contributed by atoms with Crippen molar-refractivity contribution in [3.63, 3.8) is 0 Å². The highest BCUT2D eigenvalue weighted by molar-refractivity contribution is 6.35. The van der Waals surface area contributed by atoms with E-state index in [1.165, 1.54) is 24.9 Å². The van der Waals surface area contributed by atoms with Crippen molar-refractivity contribution in [2.75, 3.05) is 32.7 Å². The van der Waals surface area contributed by atoms with Crippen LogP contribution >= 0.6 is 0 Å². The van der Waals surface area contributed by atoms with Crippen LogP contribution in [-0.2, 0) is 16.0 Å². The van der Waals surface area contributed by atoms with Gasteiger partial charge in [-0.25, -0.2) is 0 Å². The first kappa shape index (κ1) is 18.9. The summed E-state index contributed by atoms with van der Waals surface area (Å²) in [5.74, 6) is -0.304. The standard InChI is InChI=1S/C21H31N3O2/c1-2-3-11-23-12-9-18(10-13-23)16-24-19(15-22-20(25)21(24)26)14-17-7-5-4-6-8-17/h4-8,18-19H,2-3,9-16H2,1H3,(H,22,25)/t19-/m0/s1. The molecule has 5 nitrogen and oxygen atoms in total. The van der Waals surface area contributed by atoms with Crippen molar-refractivity contribution in [2.45, 2.75) is 45.1 Å². The van der Waals surface area contributed by atoms with E-state index in [2.05, 4.69) is 29.3 Å². The first-order valence-corrected chi connectivity index (χ1v) is 10.0. The minimum atomic E-state index is -0.449. The Bertz CT molecular complexity index is 597. The summed E-state index contributed by atoms with van der Waals surface area (Å²) < 4.78 is 0. The maximum atomic E-state index is 12.5. The number of hydrogen-bond acceptors (Lipinski definition) is 3. The second-order valence-electron chi connectivity index (χ2n) is 7.65. The number of nitrogens with zero attached hydrogens (tertiary/aromatic N) is 2. The van der Waals surface area contributed by atoms with Crippen molar-refractivity contribution >= 4 is 11.8 Å². The maximum Gasteiger partial charge on any atom is 0.312 e. The molecule has 26 heavy (non-hydrogen) atoms. The quantitative estimate of drug-likeness (QED) is 0.760. The van der Waals surface area contributed by atoms with Gasteiger partial charge in [-0.3, -0.25) is 9.59 Å². The topological polar surface area (TPSA) is 52.7 Å². The van der Waals surface area contributed by atoms with Crippen LogP contribution in [0.25, 0.3) is 0 Å². The van der Waals surface area contributed by atoms with Crippen molar-refractivity contribution in [1.82, 2.24) is 15.1 Å². The van der Waals surface area contributed by atoms with E-state index >= 15 is 0 Å². The van der Waals surface area contributed by atoms with E-state index in [-0.39, 0.29) is 11.9 Å². The predicted molar refractivity (Wildman–Crippen MR) is 103 cm³/mol. The molecule has 0 bridgehead atoms. The van der Waals surface area contributed by atoms with E-state index in [0.717, 1.165) is 32.4 Å². The van der Waals surface area contributed by atoms with Crippen molar-refractivity contribution in [1.29, 1.82) is 0 Å². The van der Waals surface area contributed by atoms with Gasteiger partial charge < -0.3 is 15.1 Å². The summed E-state index contributed by atoms with van der Waals surface area (Å²) in [5, 5.41) is 2.76. The third kappa shape index (κ3) is 4.85.